The fourth-order valence-corrected chi connectivity index (χ4v) is 3.43. The van der Waals surface area contributed by atoms with Crippen molar-refractivity contribution in [2.45, 2.75) is 19.4 Å². The molecule has 1 aromatic heterocycles. The van der Waals surface area contributed by atoms with E-state index < -0.39 is 0 Å². The minimum absolute atomic E-state index is 0.00514. The average molecular weight is 347 g/mol. The van der Waals surface area contributed by atoms with Crippen molar-refractivity contribution in [3.63, 3.8) is 0 Å². The molecule has 1 aromatic carbocycles. The maximum Gasteiger partial charge on any atom is 0.0947 e. The van der Waals surface area contributed by atoms with Gasteiger partial charge in [0.15, 0.2) is 0 Å². The molecule has 1 unspecified atom stereocenters. The van der Waals surface area contributed by atoms with E-state index in [-0.39, 0.29) is 6.04 Å². The van der Waals surface area contributed by atoms with Gasteiger partial charge in [-0.05, 0) is 30.7 Å². The number of benzene rings is 1. The van der Waals surface area contributed by atoms with E-state index in [1.165, 1.54) is 0 Å². The highest BCUT2D eigenvalue weighted by atomic mass is 79.9. The summed E-state index contributed by atoms with van der Waals surface area (Å²) >= 11 is 11.1. The van der Waals surface area contributed by atoms with Crippen LogP contribution in [-0.2, 0) is 6.42 Å². The Balaban J connectivity index is 2.22. The van der Waals surface area contributed by atoms with Crippen LogP contribution in [0.25, 0.3) is 0 Å². The average Bonchev–Trinajstić information content (AvgIpc) is 2.70. The molecule has 6 heteroatoms. The predicted molar refractivity (Wildman–Crippen MR) is 79.8 cm³/mol. The number of halogens is 2. The van der Waals surface area contributed by atoms with E-state index in [4.69, 9.17) is 17.4 Å². The summed E-state index contributed by atoms with van der Waals surface area (Å²) in [5.74, 6) is 5.63. The van der Waals surface area contributed by atoms with E-state index in [2.05, 4.69) is 26.3 Å². The Labute approximate surface area is 123 Å². The molecule has 0 radical (unpaired) electrons. The highest BCUT2D eigenvalue weighted by molar-refractivity contribution is 9.10. The number of nitrogens with two attached hydrogens (primary N) is 1. The van der Waals surface area contributed by atoms with Gasteiger partial charge in [-0.15, -0.1) is 11.3 Å². The van der Waals surface area contributed by atoms with Crippen LogP contribution in [0.15, 0.2) is 28.1 Å². The number of hydrogen-bond donors (Lipinski definition) is 2. The van der Waals surface area contributed by atoms with Gasteiger partial charge in [0.05, 0.1) is 11.0 Å². The number of nitrogens with one attached hydrogen (secondary N) is 1. The van der Waals surface area contributed by atoms with Crippen molar-refractivity contribution in [1.82, 2.24) is 10.4 Å². The molecule has 0 aliphatic heterocycles. The molecular weight excluding hydrogens is 334 g/mol. The number of hydrazine groups is 1. The SMILES string of the molecule is Cc1csc(CC(NN)c2cc(Cl)cc(Br)c2)n1. The van der Waals surface area contributed by atoms with Gasteiger partial charge in [-0.3, -0.25) is 11.3 Å². The molecule has 0 amide bonds. The quantitative estimate of drug-likeness (QED) is 0.657. The van der Waals surface area contributed by atoms with Crippen LogP contribution in [0.3, 0.4) is 0 Å². The van der Waals surface area contributed by atoms with Crippen LogP contribution in [0.4, 0.5) is 0 Å². The first-order valence-electron chi connectivity index (χ1n) is 5.41. The summed E-state index contributed by atoms with van der Waals surface area (Å²) in [6, 6.07) is 5.78. The van der Waals surface area contributed by atoms with Gasteiger partial charge in [0.25, 0.3) is 0 Å². The third-order valence-corrected chi connectivity index (χ3v) is 4.20. The Kier molecular flexibility index (Phi) is 4.75. The van der Waals surface area contributed by atoms with Crippen molar-refractivity contribution < 1.29 is 0 Å². The van der Waals surface area contributed by atoms with Crippen LogP contribution in [0, 0.1) is 6.92 Å². The first kappa shape index (κ1) is 14.0. The largest absolute Gasteiger partial charge is 0.271 e. The maximum absolute atomic E-state index is 6.05. The van der Waals surface area contributed by atoms with E-state index in [1.54, 1.807) is 11.3 Å². The molecule has 2 aromatic rings. The van der Waals surface area contributed by atoms with Gasteiger partial charge in [0, 0.05) is 27.0 Å². The molecule has 1 heterocycles. The lowest BCUT2D eigenvalue weighted by Gasteiger charge is -2.15. The summed E-state index contributed by atoms with van der Waals surface area (Å²) in [7, 11) is 0. The van der Waals surface area contributed by atoms with E-state index in [0.717, 1.165) is 27.2 Å². The Morgan fingerprint density at radius 2 is 2.28 bits per heavy atom. The standard InChI is InChI=1S/C12H13BrClN3S/c1-7-6-18-12(16-7)5-11(17-15)8-2-9(13)4-10(14)3-8/h2-4,6,11,17H,5,15H2,1H3. The monoisotopic (exact) mass is 345 g/mol. The normalized spacial score (nSPS) is 12.7. The number of hydrogen-bond acceptors (Lipinski definition) is 4. The number of thiazole rings is 1. The first-order chi connectivity index (χ1) is 8.58. The van der Waals surface area contributed by atoms with Crippen molar-refractivity contribution in [3.8, 4) is 0 Å². The zero-order valence-electron chi connectivity index (χ0n) is 9.78. The molecule has 0 saturated heterocycles. The maximum atomic E-state index is 6.05. The second-order valence-electron chi connectivity index (χ2n) is 4.01. The summed E-state index contributed by atoms with van der Waals surface area (Å²) in [4.78, 5) is 4.45. The van der Waals surface area contributed by atoms with Gasteiger partial charge in [0.1, 0.15) is 0 Å². The van der Waals surface area contributed by atoms with Gasteiger partial charge in [-0.1, -0.05) is 27.5 Å². The van der Waals surface area contributed by atoms with Crippen molar-refractivity contribution in [3.05, 3.63) is 49.3 Å². The molecule has 3 N–H and O–H groups in total. The summed E-state index contributed by atoms with van der Waals surface area (Å²) < 4.78 is 0.945. The zero-order chi connectivity index (χ0) is 13.1. The van der Waals surface area contributed by atoms with Crippen molar-refractivity contribution in [2.75, 3.05) is 0 Å². The van der Waals surface area contributed by atoms with Crippen molar-refractivity contribution in [1.29, 1.82) is 0 Å². The van der Waals surface area contributed by atoms with Gasteiger partial charge in [-0.25, -0.2) is 4.98 Å². The lowest BCUT2D eigenvalue weighted by Crippen LogP contribution is -2.29. The molecule has 0 spiro atoms. The highest BCUT2D eigenvalue weighted by Crippen LogP contribution is 2.26. The molecule has 0 fully saturated rings. The lowest BCUT2D eigenvalue weighted by molar-refractivity contribution is 0.550. The summed E-state index contributed by atoms with van der Waals surface area (Å²) in [6.07, 6.45) is 0.752. The van der Waals surface area contributed by atoms with Gasteiger partial charge < -0.3 is 0 Å². The van der Waals surface area contributed by atoms with Crippen LogP contribution in [0.5, 0.6) is 0 Å². The number of nitrogens with zero attached hydrogens (tertiary/aromatic N) is 1. The van der Waals surface area contributed by atoms with E-state index in [0.29, 0.717) is 5.02 Å². The van der Waals surface area contributed by atoms with Crippen molar-refractivity contribution in [2.24, 2.45) is 5.84 Å². The van der Waals surface area contributed by atoms with Gasteiger partial charge >= 0.3 is 0 Å². The molecule has 0 aliphatic rings. The molecule has 3 nitrogen and oxygen atoms in total. The second-order valence-corrected chi connectivity index (χ2v) is 6.30. The first-order valence-corrected chi connectivity index (χ1v) is 7.46. The lowest BCUT2D eigenvalue weighted by atomic mass is 10.1. The van der Waals surface area contributed by atoms with Crippen molar-refractivity contribution >= 4 is 38.9 Å². The third kappa shape index (κ3) is 3.52. The summed E-state index contributed by atoms with van der Waals surface area (Å²) in [6.45, 7) is 1.99. The number of rotatable bonds is 4. The molecule has 0 saturated carbocycles. The third-order valence-electron chi connectivity index (χ3n) is 2.53. The van der Waals surface area contributed by atoms with E-state index in [9.17, 15) is 0 Å². The Morgan fingerprint density at radius 3 is 2.83 bits per heavy atom. The molecule has 1 atom stereocenters. The molecule has 2 rings (SSSR count). The minimum Gasteiger partial charge on any atom is -0.271 e. The van der Waals surface area contributed by atoms with Crippen LogP contribution in [-0.4, -0.2) is 4.98 Å². The summed E-state index contributed by atoms with van der Waals surface area (Å²) in [5, 5.41) is 3.79. The van der Waals surface area contributed by atoms with Crippen LogP contribution in [0.2, 0.25) is 5.02 Å². The molecule has 96 valence electrons. The molecule has 18 heavy (non-hydrogen) atoms. The highest BCUT2D eigenvalue weighted by Gasteiger charge is 2.14. The van der Waals surface area contributed by atoms with Crippen LogP contribution >= 0.6 is 38.9 Å². The molecule has 0 aliphatic carbocycles. The Bertz CT molecular complexity index is 524. The Morgan fingerprint density at radius 1 is 1.50 bits per heavy atom. The number of aromatic nitrogens is 1. The summed E-state index contributed by atoms with van der Waals surface area (Å²) in [5.41, 5.74) is 4.90. The van der Waals surface area contributed by atoms with Crippen LogP contribution < -0.4 is 11.3 Å². The molecular formula is C12H13BrClN3S. The Hall–Kier alpha value is -0.460. The van der Waals surface area contributed by atoms with E-state index >= 15 is 0 Å². The van der Waals surface area contributed by atoms with Gasteiger partial charge in [0.2, 0.25) is 0 Å². The zero-order valence-corrected chi connectivity index (χ0v) is 12.9. The predicted octanol–water partition coefficient (Wildman–Crippen LogP) is 3.61. The fourth-order valence-electron chi connectivity index (χ4n) is 1.72. The smallest absolute Gasteiger partial charge is 0.0947 e. The molecule has 0 bridgehead atoms. The second kappa shape index (κ2) is 6.12. The minimum atomic E-state index is 0.00514. The van der Waals surface area contributed by atoms with E-state index in [1.807, 2.05) is 30.5 Å². The fraction of sp³-hybridized carbons (Fsp3) is 0.250. The number of aryl methyl sites for hydroxylation is 1. The topological polar surface area (TPSA) is 50.9 Å². The van der Waals surface area contributed by atoms with Crippen LogP contribution in [0.1, 0.15) is 22.3 Å². The van der Waals surface area contributed by atoms with Gasteiger partial charge in [-0.2, -0.15) is 0 Å².